The normalized spacial score (nSPS) is 23.4. The van der Waals surface area contributed by atoms with Crippen LogP contribution in [0.5, 0.6) is 0 Å². The highest BCUT2D eigenvalue weighted by molar-refractivity contribution is 6.30. The van der Waals surface area contributed by atoms with Gasteiger partial charge < -0.3 is 10.4 Å². The maximum Gasteiger partial charge on any atom is 0.257 e. The Morgan fingerprint density at radius 3 is 2.83 bits per heavy atom. The Morgan fingerprint density at radius 2 is 2.28 bits per heavy atom. The highest BCUT2D eigenvalue weighted by Gasteiger charge is 2.45. The predicted octanol–water partition coefficient (Wildman–Crippen LogP) is 0.958. The third-order valence-electron chi connectivity index (χ3n) is 2.93. The van der Waals surface area contributed by atoms with Crippen LogP contribution in [0.3, 0.4) is 0 Å². The monoisotopic (exact) mass is 267 g/mol. The summed E-state index contributed by atoms with van der Waals surface area (Å²) in [6, 6.07) is 7.12. The molecular formula is C12H14ClN3O2. The summed E-state index contributed by atoms with van der Waals surface area (Å²) < 4.78 is 0. The molecule has 18 heavy (non-hydrogen) atoms. The van der Waals surface area contributed by atoms with Crippen molar-refractivity contribution in [2.24, 2.45) is 0 Å². The molecule has 3 N–H and O–H groups in total. The number of benzene rings is 1. The van der Waals surface area contributed by atoms with Gasteiger partial charge in [-0.1, -0.05) is 23.7 Å². The van der Waals surface area contributed by atoms with Crippen molar-refractivity contribution >= 4 is 23.5 Å². The van der Waals surface area contributed by atoms with Crippen LogP contribution in [0.15, 0.2) is 24.3 Å². The minimum Gasteiger partial charge on any atom is -0.393 e. The lowest BCUT2D eigenvalue weighted by Crippen LogP contribution is -2.47. The Labute approximate surface area is 110 Å². The molecule has 5 nitrogen and oxygen atoms in total. The van der Waals surface area contributed by atoms with E-state index in [0.29, 0.717) is 5.02 Å². The van der Waals surface area contributed by atoms with Crippen molar-refractivity contribution in [3.8, 4) is 0 Å². The van der Waals surface area contributed by atoms with Crippen LogP contribution in [-0.2, 0) is 11.3 Å². The minimum atomic E-state index is -1.10. The summed E-state index contributed by atoms with van der Waals surface area (Å²) in [7, 11) is 0. The number of rotatable bonds is 3. The van der Waals surface area contributed by atoms with Gasteiger partial charge >= 0.3 is 0 Å². The average molecular weight is 268 g/mol. The predicted molar refractivity (Wildman–Crippen MR) is 68.4 cm³/mol. The molecule has 1 aliphatic rings. The van der Waals surface area contributed by atoms with E-state index in [1.54, 1.807) is 25.1 Å². The van der Waals surface area contributed by atoms with Crippen molar-refractivity contribution in [1.29, 1.82) is 5.41 Å². The first-order chi connectivity index (χ1) is 8.46. The molecule has 6 heteroatoms. The number of carbonyl (C=O) groups excluding carboxylic acids is 1. The molecule has 2 rings (SSSR count). The van der Waals surface area contributed by atoms with Gasteiger partial charge in [0.05, 0.1) is 13.2 Å². The molecule has 1 amide bonds. The fraction of sp³-hybridized carbons (Fsp3) is 0.333. The standard InChI is InChI=1S/C12H14ClN3O2/c1-12(7-17)10(18)16(11(14)15-12)6-8-3-2-4-9(13)5-8/h2-5,17H,6-7H2,1H3,(H2,14,15). The maximum absolute atomic E-state index is 12.1. The molecule has 1 unspecified atom stereocenters. The zero-order valence-corrected chi connectivity index (χ0v) is 10.7. The van der Waals surface area contributed by atoms with Crippen LogP contribution >= 0.6 is 11.6 Å². The Kier molecular flexibility index (Phi) is 3.28. The van der Waals surface area contributed by atoms with Crippen molar-refractivity contribution in [3.05, 3.63) is 34.9 Å². The van der Waals surface area contributed by atoms with Crippen LogP contribution in [0.1, 0.15) is 12.5 Å². The molecule has 1 aromatic carbocycles. The molecule has 0 radical (unpaired) electrons. The van der Waals surface area contributed by atoms with Gasteiger partial charge in [0.25, 0.3) is 5.91 Å². The summed E-state index contributed by atoms with van der Waals surface area (Å²) in [5.74, 6) is -0.313. The van der Waals surface area contributed by atoms with E-state index in [4.69, 9.17) is 17.0 Å². The third-order valence-corrected chi connectivity index (χ3v) is 3.16. The number of aliphatic hydroxyl groups excluding tert-OH is 1. The summed E-state index contributed by atoms with van der Waals surface area (Å²) in [6.45, 7) is 1.49. The van der Waals surface area contributed by atoms with E-state index in [-0.39, 0.29) is 25.0 Å². The van der Waals surface area contributed by atoms with Crippen LogP contribution in [0.25, 0.3) is 0 Å². The van der Waals surface area contributed by atoms with Gasteiger partial charge in [-0.05, 0) is 24.6 Å². The van der Waals surface area contributed by atoms with Crippen molar-refractivity contribution in [1.82, 2.24) is 10.2 Å². The molecule has 0 bridgehead atoms. The Bertz CT molecular complexity index is 506. The number of aliphatic hydroxyl groups is 1. The molecule has 0 aliphatic carbocycles. The van der Waals surface area contributed by atoms with Gasteiger partial charge in [-0.2, -0.15) is 0 Å². The van der Waals surface area contributed by atoms with Crippen LogP contribution in [0.4, 0.5) is 0 Å². The number of nitrogens with zero attached hydrogens (tertiary/aromatic N) is 1. The van der Waals surface area contributed by atoms with E-state index in [1.165, 1.54) is 4.90 Å². The number of guanidine groups is 1. The van der Waals surface area contributed by atoms with Gasteiger partial charge in [0, 0.05) is 5.02 Å². The molecule has 1 fully saturated rings. The van der Waals surface area contributed by atoms with E-state index in [9.17, 15) is 9.90 Å². The smallest absolute Gasteiger partial charge is 0.257 e. The van der Waals surface area contributed by atoms with Crippen LogP contribution < -0.4 is 5.32 Å². The number of hydrogen-bond acceptors (Lipinski definition) is 3. The second kappa shape index (κ2) is 4.59. The second-order valence-corrected chi connectivity index (χ2v) is 4.92. The molecule has 0 aromatic heterocycles. The molecule has 1 saturated heterocycles. The van der Waals surface area contributed by atoms with Crippen molar-refractivity contribution in [2.75, 3.05) is 6.61 Å². The molecule has 96 valence electrons. The van der Waals surface area contributed by atoms with E-state index >= 15 is 0 Å². The summed E-state index contributed by atoms with van der Waals surface area (Å²) in [5.41, 5.74) is -0.264. The van der Waals surface area contributed by atoms with E-state index in [1.807, 2.05) is 6.07 Å². The Hall–Kier alpha value is -1.59. The van der Waals surface area contributed by atoms with Crippen molar-refractivity contribution < 1.29 is 9.90 Å². The summed E-state index contributed by atoms with van der Waals surface area (Å²) >= 11 is 5.87. The maximum atomic E-state index is 12.1. The fourth-order valence-electron chi connectivity index (χ4n) is 1.86. The minimum absolute atomic E-state index is 0.00322. The van der Waals surface area contributed by atoms with Gasteiger partial charge in [-0.25, -0.2) is 0 Å². The first-order valence-electron chi connectivity index (χ1n) is 5.50. The van der Waals surface area contributed by atoms with Crippen LogP contribution in [-0.4, -0.2) is 34.0 Å². The van der Waals surface area contributed by atoms with Gasteiger partial charge in [-0.15, -0.1) is 0 Å². The third kappa shape index (κ3) is 2.19. The quantitative estimate of drug-likeness (QED) is 0.763. The molecule has 1 aromatic rings. The van der Waals surface area contributed by atoms with Crippen molar-refractivity contribution in [2.45, 2.75) is 19.0 Å². The molecular weight excluding hydrogens is 254 g/mol. The van der Waals surface area contributed by atoms with Gasteiger partial charge in [0.15, 0.2) is 5.96 Å². The van der Waals surface area contributed by atoms with E-state index in [0.717, 1.165) is 5.56 Å². The van der Waals surface area contributed by atoms with Gasteiger partial charge in [-0.3, -0.25) is 15.1 Å². The SMILES string of the molecule is CC1(CO)NC(=N)N(Cc2cccc(Cl)c2)C1=O. The Balaban J connectivity index is 2.20. The van der Waals surface area contributed by atoms with Gasteiger partial charge in [0.2, 0.25) is 0 Å². The Morgan fingerprint density at radius 1 is 1.56 bits per heavy atom. The zero-order chi connectivity index (χ0) is 13.3. The fourth-order valence-corrected chi connectivity index (χ4v) is 2.07. The molecule has 1 aliphatic heterocycles. The molecule has 0 saturated carbocycles. The van der Waals surface area contributed by atoms with Gasteiger partial charge in [0.1, 0.15) is 5.54 Å². The average Bonchev–Trinajstić information content (AvgIpc) is 2.54. The first-order valence-corrected chi connectivity index (χ1v) is 5.88. The first kappa shape index (κ1) is 12.9. The molecule has 1 heterocycles. The van der Waals surface area contributed by atoms with Crippen molar-refractivity contribution in [3.63, 3.8) is 0 Å². The summed E-state index contributed by atoms with van der Waals surface area (Å²) in [6.07, 6.45) is 0. The topological polar surface area (TPSA) is 76.4 Å². The largest absolute Gasteiger partial charge is 0.393 e. The number of halogens is 1. The lowest BCUT2D eigenvalue weighted by atomic mass is 10.0. The summed E-state index contributed by atoms with van der Waals surface area (Å²) in [4.78, 5) is 13.4. The number of carbonyl (C=O) groups is 1. The van der Waals surface area contributed by atoms with Crippen LogP contribution in [0, 0.1) is 5.41 Å². The molecule has 0 spiro atoms. The highest BCUT2D eigenvalue weighted by Crippen LogP contribution is 2.20. The zero-order valence-electron chi connectivity index (χ0n) is 9.90. The lowest BCUT2D eigenvalue weighted by Gasteiger charge is -2.18. The van der Waals surface area contributed by atoms with E-state index in [2.05, 4.69) is 5.32 Å². The molecule has 1 atom stereocenters. The number of nitrogens with one attached hydrogen (secondary N) is 2. The number of amides is 1. The lowest BCUT2D eigenvalue weighted by molar-refractivity contribution is -0.132. The second-order valence-electron chi connectivity index (χ2n) is 4.49. The summed E-state index contributed by atoms with van der Waals surface area (Å²) in [5, 5.41) is 20.2. The van der Waals surface area contributed by atoms with Crippen LogP contribution in [0.2, 0.25) is 5.02 Å². The number of hydrogen-bond donors (Lipinski definition) is 3. The highest BCUT2D eigenvalue weighted by atomic mass is 35.5. The van der Waals surface area contributed by atoms with E-state index < -0.39 is 5.54 Å².